The maximum atomic E-state index is 10.5. The Bertz CT molecular complexity index is 557. The van der Waals surface area contributed by atoms with Crippen molar-refractivity contribution >= 4 is 0 Å². The van der Waals surface area contributed by atoms with Crippen LogP contribution in [0.4, 0.5) is 0 Å². The smallest absolute Gasteiger partial charge is 0.0543 e. The summed E-state index contributed by atoms with van der Waals surface area (Å²) in [4.78, 5) is 2.64. The Kier molecular flexibility index (Phi) is 5.50. The second kappa shape index (κ2) is 7.46. The van der Waals surface area contributed by atoms with E-state index >= 15 is 0 Å². The standard InChI is InChI=1S/C24H41NO2/c1-17-6-7-21-20(16-26)22(9-11-23(17,21)2)24(3)10-8-19(27)14-18(24)15-25-12-4-5-13-25/h18-22,26-27H,1,4-16H2,2-3H3. The second-order valence-corrected chi connectivity index (χ2v) is 10.8. The molecule has 4 aliphatic rings. The van der Waals surface area contributed by atoms with Crippen molar-refractivity contribution in [1.82, 2.24) is 4.90 Å². The highest BCUT2D eigenvalue weighted by molar-refractivity contribution is 5.20. The van der Waals surface area contributed by atoms with Gasteiger partial charge in [0.2, 0.25) is 0 Å². The Morgan fingerprint density at radius 3 is 2.52 bits per heavy atom. The fourth-order valence-corrected chi connectivity index (χ4v) is 7.71. The Hall–Kier alpha value is -0.380. The van der Waals surface area contributed by atoms with Crippen LogP contribution in [0.25, 0.3) is 0 Å². The minimum atomic E-state index is -0.127. The van der Waals surface area contributed by atoms with Gasteiger partial charge in [0.1, 0.15) is 0 Å². The number of hydrogen-bond donors (Lipinski definition) is 2. The Morgan fingerprint density at radius 1 is 1.07 bits per heavy atom. The molecule has 7 atom stereocenters. The van der Waals surface area contributed by atoms with Crippen molar-refractivity contribution in [2.45, 2.75) is 77.7 Å². The van der Waals surface area contributed by atoms with Gasteiger partial charge in [-0.2, -0.15) is 0 Å². The lowest BCUT2D eigenvalue weighted by atomic mass is 9.49. The van der Waals surface area contributed by atoms with Crippen LogP contribution >= 0.6 is 0 Å². The van der Waals surface area contributed by atoms with Gasteiger partial charge in [-0.1, -0.05) is 26.0 Å². The normalized spacial score (nSPS) is 48.7. The monoisotopic (exact) mass is 375 g/mol. The predicted molar refractivity (Wildman–Crippen MR) is 110 cm³/mol. The number of aliphatic hydroxyl groups excluding tert-OH is 2. The molecule has 154 valence electrons. The fraction of sp³-hybridized carbons (Fsp3) is 0.917. The topological polar surface area (TPSA) is 43.7 Å². The van der Waals surface area contributed by atoms with Crippen LogP contribution in [0.2, 0.25) is 0 Å². The number of hydrogen-bond acceptors (Lipinski definition) is 3. The summed E-state index contributed by atoms with van der Waals surface area (Å²) in [5.41, 5.74) is 1.93. The van der Waals surface area contributed by atoms with E-state index < -0.39 is 0 Å². The summed E-state index contributed by atoms with van der Waals surface area (Å²) in [7, 11) is 0. The maximum absolute atomic E-state index is 10.5. The van der Waals surface area contributed by atoms with Gasteiger partial charge >= 0.3 is 0 Å². The number of rotatable bonds is 4. The molecule has 1 saturated heterocycles. The largest absolute Gasteiger partial charge is 0.396 e. The number of aliphatic hydroxyl groups is 2. The van der Waals surface area contributed by atoms with Gasteiger partial charge in [0.15, 0.2) is 0 Å². The fourth-order valence-electron chi connectivity index (χ4n) is 7.71. The van der Waals surface area contributed by atoms with Crippen molar-refractivity contribution in [3.8, 4) is 0 Å². The Labute approximate surface area is 166 Å². The van der Waals surface area contributed by atoms with Crippen LogP contribution in [0, 0.1) is 34.5 Å². The molecule has 0 amide bonds. The van der Waals surface area contributed by atoms with Crippen LogP contribution in [-0.4, -0.2) is 47.5 Å². The van der Waals surface area contributed by atoms with E-state index in [1.165, 1.54) is 50.8 Å². The summed E-state index contributed by atoms with van der Waals surface area (Å²) < 4.78 is 0. The van der Waals surface area contributed by atoms with Gasteiger partial charge in [0.25, 0.3) is 0 Å². The van der Waals surface area contributed by atoms with Gasteiger partial charge < -0.3 is 15.1 Å². The molecule has 0 aromatic carbocycles. The molecule has 0 aromatic rings. The summed E-state index contributed by atoms with van der Waals surface area (Å²) in [6.45, 7) is 13.3. The van der Waals surface area contributed by atoms with Crippen LogP contribution in [-0.2, 0) is 0 Å². The van der Waals surface area contributed by atoms with Gasteiger partial charge in [0, 0.05) is 13.2 Å². The highest BCUT2D eigenvalue weighted by Crippen LogP contribution is 2.63. The van der Waals surface area contributed by atoms with Crippen molar-refractivity contribution in [1.29, 1.82) is 0 Å². The zero-order valence-electron chi connectivity index (χ0n) is 17.6. The van der Waals surface area contributed by atoms with Gasteiger partial charge in [-0.3, -0.25) is 0 Å². The van der Waals surface area contributed by atoms with Crippen molar-refractivity contribution < 1.29 is 10.2 Å². The Morgan fingerprint density at radius 2 is 1.81 bits per heavy atom. The predicted octanol–water partition coefficient (Wildman–Crippen LogP) is 4.24. The highest BCUT2D eigenvalue weighted by Gasteiger charge is 2.56. The molecule has 27 heavy (non-hydrogen) atoms. The summed E-state index contributed by atoms with van der Waals surface area (Å²) in [5.74, 6) is 2.16. The second-order valence-electron chi connectivity index (χ2n) is 10.8. The van der Waals surface area contributed by atoms with Gasteiger partial charge in [-0.25, -0.2) is 0 Å². The van der Waals surface area contributed by atoms with Crippen LogP contribution < -0.4 is 0 Å². The number of fused-ring (bicyclic) bond motifs is 1. The summed E-state index contributed by atoms with van der Waals surface area (Å²) in [5, 5.41) is 20.9. The first-order valence-electron chi connectivity index (χ1n) is 11.6. The molecule has 1 heterocycles. The molecule has 2 N–H and O–H groups in total. The van der Waals surface area contributed by atoms with E-state index in [1.54, 1.807) is 0 Å². The van der Waals surface area contributed by atoms with Gasteiger partial charge in [-0.05, 0) is 105 Å². The zero-order valence-corrected chi connectivity index (χ0v) is 17.6. The molecule has 3 heteroatoms. The molecule has 3 saturated carbocycles. The van der Waals surface area contributed by atoms with Crippen LogP contribution in [0.5, 0.6) is 0 Å². The van der Waals surface area contributed by atoms with Crippen LogP contribution in [0.1, 0.15) is 71.6 Å². The lowest BCUT2D eigenvalue weighted by molar-refractivity contribution is -0.0987. The first-order valence-corrected chi connectivity index (χ1v) is 11.6. The van der Waals surface area contributed by atoms with E-state index in [0.29, 0.717) is 30.3 Å². The molecular weight excluding hydrogens is 334 g/mol. The number of likely N-dealkylation sites (tertiary alicyclic amines) is 1. The molecule has 4 rings (SSSR count). The van der Waals surface area contributed by atoms with Crippen LogP contribution in [0.15, 0.2) is 12.2 Å². The molecule has 0 radical (unpaired) electrons. The minimum Gasteiger partial charge on any atom is -0.396 e. The third kappa shape index (κ3) is 3.32. The molecule has 3 aliphatic carbocycles. The average molecular weight is 376 g/mol. The van der Waals surface area contributed by atoms with E-state index in [-0.39, 0.29) is 16.9 Å². The average Bonchev–Trinajstić information content (AvgIpc) is 3.26. The molecule has 4 fully saturated rings. The molecule has 1 aliphatic heterocycles. The van der Waals surface area contributed by atoms with E-state index in [0.717, 1.165) is 32.2 Å². The maximum Gasteiger partial charge on any atom is 0.0543 e. The highest BCUT2D eigenvalue weighted by atomic mass is 16.3. The molecular formula is C24H41NO2. The van der Waals surface area contributed by atoms with Crippen molar-refractivity contribution in [3.63, 3.8) is 0 Å². The van der Waals surface area contributed by atoms with E-state index in [2.05, 4.69) is 25.3 Å². The van der Waals surface area contributed by atoms with Crippen molar-refractivity contribution in [2.24, 2.45) is 34.5 Å². The summed E-state index contributed by atoms with van der Waals surface area (Å²) in [6, 6.07) is 0. The first kappa shape index (κ1) is 19.9. The molecule has 0 bridgehead atoms. The van der Waals surface area contributed by atoms with Gasteiger partial charge in [-0.15, -0.1) is 0 Å². The minimum absolute atomic E-state index is 0.127. The quantitative estimate of drug-likeness (QED) is 0.722. The number of allylic oxidation sites excluding steroid dienone is 1. The Balaban J connectivity index is 1.59. The van der Waals surface area contributed by atoms with Gasteiger partial charge in [0.05, 0.1) is 6.10 Å². The summed E-state index contributed by atoms with van der Waals surface area (Å²) >= 11 is 0. The third-order valence-electron chi connectivity index (χ3n) is 9.63. The molecule has 7 unspecified atom stereocenters. The zero-order chi connectivity index (χ0) is 19.2. The molecule has 0 aromatic heterocycles. The van der Waals surface area contributed by atoms with E-state index in [9.17, 15) is 10.2 Å². The molecule has 3 nitrogen and oxygen atoms in total. The SMILES string of the molecule is C=C1CCC2C(CO)C(C3(C)CCC(O)CC3CN3CCCC3)CCC12C. The molecule has 0 spiro atoms. The lowest BCUT2D eigenvalue weighted by Gasteiger charge is -2.57. The van der Waals surface area contributed by atoms with Crippen LogP contribution in [0.3, 0.4) is 0 Å². The van der Waals surface area contributed by atoms with E-state index in [4.69, 9.17) is 0 Å². The van der Waals surface area contributed by atoms with Crippen molar-refractivity contribution in [2.75, 3.05) is 26.2 Å². The first-order chi connectivity index (χ1) is 12.9. The van der Waals surface area contributed by atoms with Crippen molar-refractivity contribution in [3.05, 3.63) is 12.2 Å². The third-order valence-corrected chi connectivity index (χ3v) is 9.63. The summed E-state index contributed by atoms with van der Waals surface area (Å²) in [6.07, 6.45) is 10.4. The lowest BCUT2D eigenvalue weighted by Crippen LogP contribution is -2.53. The van der Waals surface area contributed by atoms with E-state index in [1.807, 2.05) is 0 Å². The number of nitrogens with zero attached hydrogens (tertiary/aromatic N) is 1.